The van der Waals surface area contributed by atoms with E-state index < -0.39 is 0 Å². The fourth-order valence-electron chi connectivity index (χ4n) is 1.58. The van der Waals surface area contributed by atoms with Gasteiger partial charge in [0.15, 0.2) is 5.76 Å². The number of carbonyl (C=O) groups excluding carboxylic acids is 1. The lowest BCUT2D eigenvalue weighted by molar-refractivity contribution is 0.0922. The van der Waals surface area contributed by atoms with Crippen LogP contribution in [0.4, 0.5) is 0 Å². The number of rotatable bonds is 2. The highest BCUT2D eigenvalue weighted by atomic mass is 16.3. The normalized spacial score (nSPS) is 12.1. The molecule has 3 nitrogen and oxygen atoms in total. The number of carbonyl (C=O) groups is 1. The molecule has 17 heavy (non-hydrogen) atoms. The van der Waals surface area contributed by atoms with E-state index in [0.29, 0.717) is 5.58 Å². The molecule has 0 aliphatic heterocycles. The van der Waals surface area contributed by atoms with Crippen molar-refractivity contribution < 1.29 is 9.21 Å². The lowest BCUT2D eigenvalue weighted by atomic mass is 10.2. The van der Waals surface area contributed by atoms with Crippen molar-refractivity contribution in [1.29, 1.82) is 0 Å². The molecule has 1 aromatic carbocycles. The molecule has 0 aliphatic rings. The number of amides is 1. The van der Waals surface area contributed by atoms with Gasteiger partial charge in [0.1, 0.15) is 5.58 Å². The summed E-state index contributed by atoms with van der Waals surface area (Å²) >= 11 is 0. The van der Waals surface area contributed by atoms with E-state index in [4.69, 9.17) is 10.8 Å². The van der Waals surface area contributed by atoms with E-state index in [1.807, 2.05) is 25.1 Å². The van der Waals surface area contributed by atoms with Gasteiger partial charge in [0.2, 0.25) is 0 Å². The molecular weight excluding hydrogens is 214 g/mol. The summed E-state index contributed by atoms with van der Waals surface area (Å²) in [6.45, 7) is 3.73. The molecule has 0 bridgehead atoms. The number of fused-ring (bicyclic) bond motifs is 1. The van der Waals surface area contributed by atoms with E-state index in [2.05, 4.69) is 11.2 Å². The minimum absolute atomic E-state index is 0.285. The van der Waals surface area contributed by atoms with Gasteiger partial charge in [-0.1, -0.05) is 17.6 Å². The van der Waals surface area contributed by atoms with Gasteiger partial charge >= 0.3 is 0 Å². The van der Waals surface area contributed by atoms with Crippen LogP contribution in [0.3, 0.4) is 0 Å². The number of aryl methyl sites for hydroxylation is 1. The Bertz CT molecular complexity index is 604. The van der Waals surface area contributed by atoms with Gasteiger partial charge in [0.25, 0.3) is 5.91 Å². The minimum Gasteiger partial charge on any atom is -0.451 e. The third-order valence-corrected chi connectivity index (χ3v) is 2.49. The Morgan fingerprint density at radius 1 is 1.47 bits per heavy atom. The van der Waals surface area contributed by atoms with E-state index in [0.717, 1.165) is 10.9 Å². The first kappa shape index (κ1) is 11.3. The van der Waals surface area contributed by atoms with Crippen LogP contribution in [0.2, 0.25) is 0 Å². The molecule has 1 heterocycles. The first-order chi connectivity index (χ1) is 8.10. The Labute approximate surface area is 99.8 Å². The second kappa shape index (κ2) is 4.34. The maximum Gasteiger partial charge on any atom is 0.287 e. The zero-order valence-electron chi connectivity index (χ0n) is 9.78. The van der Waals surface area contributed by atoms with E-state index >= 15 is 0 Å². The van der Waals surface area contributed by atoms with Crippen LogP contribution in [0.15, 0.2) is 28.7 Å². The summed E-state index contributed by atoms with van der Waals surface area (Å²) in [6.07, 6.45) is 5.20. The maximum atomic E-state index is 11.8. The molecule has 1 unspecified atom stereocenters. The highest BCUT2D eigenvalue weighted by Gasteiger charge is 2.13. The Kier molecular flexibility index (Phi) is 2.88. The predicted octanol–water partition coefficient (Wildman–Crippen LogP) is 2.49. The van der Waals surface area contributed by atoms with Gasteiger partial charge in [-0.3, -0.25) is 4.79 Å². The summed E-state index contributed by atoms with van der Waals surface area (Å²) in [5, 5.41) is 3.57. The van der Waals surface area contributed by atoms with Gasteiger partial charge in [0.05, 0.1) is 6.04 Å². The van der Waals surface area contributed by atoms with Crippen LogP contribution < -0.4 is 5.32 Å². The Morgan fingerprint density at radius 3 is 2.94 bits per heavy atom. The summed E-state index contributed by atoms with van der Waals surface area (Å²) in [5.41, 5.74) is 1.83. The Hall–Kier alpha value is -2.21. The number of hydrogen-bond donors (Lipinski definition) is 1. The molecule has 1 amide bonds. The molecule has 2 aromatic rings. The van der Waals surface area contributed by atoms with E-state index in [9.17, 15) is 4.79 Å². The summed E-state index contributed by atoms with van der Waals surface area (Å²) < 4.78 is 5.45. The minimum atomic E-state index is -0.308. The van der Waals surface area contributed by atoms with Gasteiger partial charge in [-0.05, 0) is 32.0 Å². The van der Waals surface area contributed by atoms with Crippen LogP contribution in [0.5, 0.6) is 0 Å². The summed E-state index contributed by atoms with van der Waals surface area (Å²) in [6, 6.07) is 7.18. The van der Waals surface area contributed by atoms with Crippen molar-refractivity contribution in [3.63, 3.8) is 0 Å². The van der Waals surface area contributed by atoms with Crippen LogP contribution in [0, 0.1) is 19.3 Å². The van der Waals surface area contributed by atoms with Crippen molar-refractivity contribution in [3.05, 3.63) is 35.6 Å². The maximum absolute atomic E-state index is 11.8. The van der Waals surface area contributed by atoms with Crippen molar-refractivity contribution in [1.82, 2.24) is 5.32 Å². The molecule has 1 aromatic heterocycles. The quantitative estimate of drug-likeness (QED) is 0.801. The molecular formula is C14H13NO2. The average Bonchev–Trinajstić information content (AvgIpc) is 2.71. The monoisotopic (exact) mass is 227 g/mol. The molecule has 1 N–H and O–H groups in total. The first-order valence-corrected chi connectivity index (χ1v) is 5.37. The zero-order chi connectivity index (χ0) is 12.4. The molecule has 0 saturated carbocycles. The van der Waals surface area contributed by atoms with Gasteiger partial charge in [-0.2, -0.15) is 0 Å². The first-order valence-electron chi connectivity index (χ1n) is 5.37. The van der Waals surface area contributed by atoms with Crippen molar-refractivity contribution in [2.75, 3.05) is 0 Å². The molecule has 0 radical (unpaired) electrons. The fourth-order valence-corrected chi connectivity index (χ4v) is 1.58. The van der Waals surface area contributed by atoms with Crippen LogP contribution in [-0.4, -0.2) is 11.9 Å². The van der Waals surface area contributed by atoms with E-state index in [1.165, 1.54) is 0 Å². The van der Waals surface area contributed by atoms with Crippen molar-refractivity contribution in [2.24, 2.45) is 0 Å². The topological polar surface area (TPSA) is 42.2 Å². The summed E-state index contributed by atoms with van der Waals surface area (Å²) in [7, 11) is 0. The lowest BCUT2D eigenvalue weighted by Crippen LogP contribution is -2.30. The number of furan rings is 1. The van der Waals surface area contributed by atoms with E-state index in [1.54, 1.807) is 13.0 Å². The summed E-state index contributed by atoms with van der Waals surface area (Å²) in [4.78, 5) is 11.8. The highest BCUT2D eigenvalue weighted by molar-refractivity contribution is 5.96. The predicted molar refractivity (Wildman–Crippen MR) is 66.7 cm³/mol. The molecule has 0 spiro atoms. The third kappa shape index (κ3) is 2.31. The van der Waals surface area contributed by atoms with Crippen molar-refractivity contribution >= 4 is 16.9 Å². The molecule has 1 atom stereocenters. The van der Waals surface area contributed by atoms with Crippen molar-refractivity contribution in [2.45, 2.75) is 19.9 Å². The number of benzene rings is 1. The van der Waals surface area contributed by atoms with E-state index in [-0.39, 0.29) is 17.7 Å². The lowest BCUT2D eigenvalue weighted by Gasteiger charge is -2.04. The van der Waals surface area contributed by atoms with Crippen LogP contribution >= 0.6 is 0 Å². The SMILES string of the molecule is C#CC(C)NC(=O)c1cc2cc(C)ccc2o1. The fraction of sp³-hybridized carbons (Fsp3) is 0.214. The molecule has 3 heteroatoms. The second-order valence-corrected chi connectivity index (χ2v) is 4.01. The van der Waals surface area contributed by atoms with Gasteiger partial charge in [0, 0.05) is 5.39 Å². The molecule has 2 rings (SSSR count). The highest BCUT2D eigenvalue weighted by Crippen LogP contribution is 2.20. The van der Waals surface area contributed by atoms with Crippen LogP contribution in [-0.2, 0) is 0 Å². The second-order valence-electron chi connectivity index (χ2n) is 4.01. The Morgan fingerprint density at radius 2 is 2.24 bits per heavy atom. The van der Waals surface area contributed by atoms with Gasteiger partial charge in [-0.15, -0.1) is 6.42 Å². The third-order valence-electron chi connectivity index (χ3n) is 2.49. The smallest absolute Gasteiger partial charge is 0.287 e. The molecule has 0 saturated heterocycles. The standard InChI is InChI=1S/C14H13NO2/c1-4-10(3)15-14(16)13-8-11-7-9(2)5-6-12(11)17-13/h1,5-8,10H,2-3H3,(H,15,16). The number of nitrogens with one attached hydrogen (secondary N) is 1. The van der Waals surface area contributed by atoms with Crippen LogP contribution in [0.1, 0.15) is 23.0 Å². The Balaban J connectivity index is 2.31. The number of terminal acetylenes is 1. The van der Waals surface area contributed by atoms with Crippen LogP contribution in [0.25, 0.3) is 11.0 Å². The summed E-state index contributed by atoms with van der Waals surface area (Å²) in [5.74, 6) is 2.43. The average molecular weight is 227 g/mol. The van der Waals surface area contributed by atoms with Gasteiger partial charge in [-0.25, -0.2) is 0 Å². The largest absolute Gasteiger partial charge is 0.451 e. The molecule has 86 valence electrons. The molecule has 0 fully saturated rings. The molecule has 0 aliphatic carbocycles. The van der Waals surface area contributed by atoms with Gasteiger partial charge < -0.3 is 9.73 Å². The van der Waals surface area contributed by atoms with Crippen molar-refractivity contribution in [3.8, 4) is 12.3 Å². The zero-order valence-corrected chi connectivity index (χ0v) is 9.78. The number of hydrogen-bond acceptors (Lipinski definition) is 2.